The molecule has 0 bridgehead atoms. The summed E-state index contributed by atoms with van der Waals surface area (Å²) >= 11 is 0. The molecule has 3 unspecified atom stereocenters. The predicted molar refractivity (Wildman–Crippen MR) is 119 cm³/mol. The number of fused-ring (bicyclic) bond motifs is 1. The number of hydrogen-bond donors (Lipinski definition) is 0. The molecule has 2 aromatic carbocycles. The topological polar surface area (TPSA) is 9.23 Å². The van der Waals surface area contributed by atoms with Crippen LogP contribution in [0.3, 0.4) is 0 Å². The van der Waals surface area contributed by atoms with E-state index in [9.17, 15) is 0 Å². The Labute approximate surface area is 163 Å². The fourth-order valence-electron chi connectivity index (χ4n) is 2.77. The molecule has 0 amide bonds. The first-order valence-electron chi connectivity index (χ1n) is 10.6. The molecule has 0 aliphatic carbocycles. The van der Waals surface area contributed by atoms with Crippen molar-refractivity contribution >= 4 is 0 Å². The molecular formula is C25H42O. The normalized spacial score (nSPS) is 19.1. The molecule has 1 nitrogen and oxygen atoms in total. The van der Waals surface area contributed by atoms with Gasteiger partial charge in [0.1, 0.15) is 11.9 Å². The van der Waals surface area contributed by atoms with E-state index in [1.807, 2.05) is 67.5 Å². The van der Waals surface area contributed by atoms with Crippen molar-refractivity contribution in [1.82, 2.24) is 0 Å². The van der Waals surface area contributed by atoms with Crippen LogP contribution < -0.4 is 4.74 Å². The van der Waals surface area contributed by atoms with E-state index in [1.165, 1.54) is 11.1 Å². The Kier molecular flexibility index (Phi) is 17.0. The lowest BCUT2D eigenvalue weighted by Crippen LogP contribution is -2.26. The molecule has 1 aliphatic rings. The molecule has 3 rings (SSSR count). The van der Waals surface area contributed by atoms with Crippen molar-refractivity contribution < 1.29 is 4.74 Å². The highest BCUT2D eigenvalue weighted by Gasteiger charge is 2.33. The lowest BCUT2D eigenvalue weighted by Gasteiger charge is -2.36. The quantitative estimate of drug-likeness (QED) is 0.495. The van der Waals surface area contributed by atoms with Crippen LogP contribution in [0.25, 0.3) is 0 Å². The van der Waals surface area contributed by atoms with Gasteiger partial charge in [-0.05, 0) is 23.1 Å². The molecule has 0 aromatic heterocycles. The Morgan fingerprint density at radius 3 is 1.62 bits per heavy atom. The monoisotopic (exact) mass is 358 g/mol. The fourth-order valence-corrected chi connectivity index (χ4v) is 2.77. The van der Waals surface area contributed by atoms with Crippen molar-refractivity contribution in [2.45, 2.75) is 81.3 Å². The average Bonchev–Trinajstić information content (AvgIpc) is 2.77. The third-order valence-electron chi connectivity index (χ3n) is 4.06. The Bertz CT molecular complexity index is 533. The van der Waals surface area contributed by atoms with Gasteiger partial charge < -0.3 is 4.74 Å². The Hall–Kier alpha value is -1.76. The summed E-state index contributed by atoms with van der Waals surface area (Å²) in [4.78, 5) is 0. The standard InChI is InChI=1S/C17H18O.4C2H6/c1-12-13(2)17(14-8-4-3-5-9-14)18-16-11-7-6-10-15(12)16;4*1-2/h3-13,17H,1-2H3;4*1-2H3. The minimum Gasteiger partial charge on any atom is -0.485 e. The number of benzene rings is 2. The summed E-state index contributed by atoms with van der Waals surface area (Å²) < 4.78 is 6.20. The van der Waals surface area contributed by atoms with E-state index in [0.717, 1.165) is 5.75 Å². The van der Waals surface area contributed by atoms with Gasteiger partial charge in [-0.15, -0.1) is 0 Å². The molecule has 148 valence electrons. The van der Waals surface area contributed by atoms with E-state index < -0.39 is 0 Å². The smallest absolute Gasteiger partial charge is 0.127 e. The van der Waals surface area contributed by atoms with Crippen LogP contribution in [0.5, 0.6) is 5.75 Å². The lowest BCUT2D eigenvalue weighted by molar-refractivity contribution is 0.106. The van der Waals surface area contributed by atoms with Crippen molar-refractivity contribution in [3.63, 3.8) is 0 Å². The zero-order valence-corrected chi connectivity index (χ0v) is 18.8. The van der Waals surface area contributed by atoms with Crippen LogP contribution in [-0.4, -0.2) is 0 Å². The van der Waals surface area contributed by atoms with Gasteiger partial charge in [0.15, 0.2) is 0 Å². The molecule has 1 aliphatic heterocycles. The van der Waals surface area contributed by atoms with Gasteiger partial charge in [0.25, 0.3) is 0 Å². The second kappa shape index (κ2) is 16.7. The second-order valence-corrected chi connectivity index (χ2v) is 5.13. The maximum Gasteiger partial charge on any atom is 0.127 e. The molecule has 3 atom stereocenters. The molecule has 2 aromatic rings. The summed E-state index contributed by atoms with van der Waals surface area (Å²) in [6.45, 7) is 20.6. The molecule has 1 heteroatoms. The number of rotatable bonds is 1. The first kappa shape index (κ1) is 26.5. The van der Waals surface area contributed by atoms with Gasteiger partial charge in [-0.1, -0.05) is 118 Å². The summed E-state index contributed by atoms with van der Waals surface area (Å²) in [5, 5.41) is 0. The van der Waals surface area contributed by atoms with E-state index in [-0.39, 0.29) is 6.10 Å². The van der Waals surface area contributed by atoms with Gasteiger partial charge in [-0.3, -0.25) is 0 Å². The Morgan fingerprint density at radius 2 is 1.08 bits per heavy atom. The predicted octanol–water partition coefficient (Wildman–Crippen LogP) is 8.66. The summed E-state index contributed by atoms with van der Waals surface area (Å²) in [6.07, 6.45) is 0.163. The summed E-state index contributed by atoms with van der Waals surface area (Å²) in [6, 6.07) is 18.9. The zero-order chi connectivity index (χ0) is 20.5. The maximum absolute atomic E-state index is 6.20. The average molecular weight is 359 g/mol. The lowest BCUT2D eigenvalue weighted by atomic mass is 9.80. The largest absolute Gasteiger partial charge is 0.485 e. The van der Waals surface area contributed by atoms with Gasteiger partial charge in [0, 0.05) is 5.92 Å². The van der Waals surface area contributed by atoms with Crippen LogP contribution in [0.2, 0.25) is 0 Å². The Balaban J connectivity index is 0. The van der Waals surface area contributed by atoms with Crippen molar-refractivity contribution in [3.05, 3.63) is 65.7 Å². The van der Waals surface area contributed by atoms with Crippen molar-refractivity contribution in [1.29, 1.82) is 0 Å². The number of ether oxygens (including phenoxy) is 1. The highest BCUT2D eigenvalue weighted by Crippen LogP contribution is 2.45. The zero-order valence-electron chi connectivity index (χ0n) is 18.8. The van der Waals surface area contributed by atoms with Gasteiger partial charge in [0.2, 0.25) is 0 Å². The third-order valence-corrected chi connectivity index (χ3v) is 4.06. The van der Waals surface area contributed by atoms with Gasteiger partial charge in [-0.25, -0.2) is 0 Å². The van der Waals surface area contributed by atoms with Crippen LogP contribution in [-0.2, 0) is 0 Å². The van der Waals surface area contributed by atoms with Crippen LogP contribution in [0.15, 0.2) is 54.6 Å². The van der Waals surface area contributed by atoms with Crippen molar-refractivity contribution in [2.24, 2.45) is 5.92 Å². The molecule has 0 saturated heterocycles. The molecule has 0 N–H and O–H groups in total. The van der Waals surface area contributed by atoms with Gasteiger partial charge in [0.05, 0.1) is 0 Å². The Morgan fingerprint density at radius 1 is 0.615 bits per heavy atom. The van der Waals surface area contributed by atoms with Gasteiger partial charge in [-0.2, -0.15) is 0 Å². The molecule has 0 fully saturated rings. The third kappa shape index (κ3) is 7.23. The van der Waals surface area contributed by atoms with Crippen LogP contribution in [0.1, 0.15) is 92.4 Å². The number of para-hydroxylation sites is 1. The first-order valence-corrected chi connectivity index (χ1v) is 10.6. The molecular weight excluding hydrogens is 316 g/mol. The molecule has 26 heavy (non-hydrogen) atoms. The summed E-state index contributed by atoms with van der Waals surface area (Å²) in [7, 11) is 0. The second-order valence-electron chi connectivity index (χ2n) is 5.13. The minimum absolute atomic E-state index is 0.163. The molecule has 0 spiro atoms. The first-order chi connectivity index (χ1) is 12.8. The van der Waals surface area contributed by atoms with E-state index >= 15 is 0 Å². The SMILES string of the molecule is CC.CC.CC.CC.CC1c2ccccc2OC(c2ccccc2)C1C. The van der Waals surface area contributed by atoms with Crippen molar-refractivity contribution in [2.75, 3.05) is 0 Å². The van der Waals surface area contributed by atoms with Crippen LogP contribution in [0, 0.1) is 5.92 Å². The van der Waals surface area contributed by atoms with Crippen LogP contribution >= 0.6 is 0 Å². The minimum atomic E-state index is 0.163. The highest BCUT2D eigenvalue weighted by atomic mass is 16.5. The maximum atomic E-state index is 6.20. The van der Waals surface area contributed by atoms with Gasteiger partial charge >= 0.3 is 0 Å². The molecule has 1 heterocycles. The summed E-state index contributed by atoms with van der Waals surface area (Å²) in [5.41, 5.74) is 2.60. The van der Waals surface area contributed by atoms with E-state index in [1.54, 1.807) is 0 Å². The van der Waals surface area contributed by atoms with E-state index in [0.29, 0.717) is 11.8 Å². The summed E-state index contributed by atoms with van der Waals surface area (Å²) in [5.74, 6) is 2.06. The fraction of sp³-hybridized carbons (Fsp3) is 0.520. The molecule has 0 saturated carbocycles. The number of hydrogen-bond acceptors (Lipinski definition) is 1. The van der Waals surface area contributed by atoms with Crippen molar-refractivity contribution in [3.8, 4) is 5.75 Å². The molecule has 0 radical (unpaired) electrons. The van der Waals surface area contributed by atoms with Crippen LogP contribution in [0.4, 0.5) is 0 Å². The van der Waals surface area contributed by atoms with E-state index in [4.69, 9.17) is 4.74 Å². The highest BCUT2D eigenvalue weighted by molar-refractivity contribution is 5.40. The van der Waals surface area contributed by atoms with E-state index in [2.05, 4.69) is 56.3 Å².